The van der Waals surface area contributed by atoms with Gasteiger partial charge < -0.3 is 10.2 Å². The van der Waals surface area contributed by atoms with Gasteiger partial charge in [-0.1, -0.05) is 28.1 Å². The van der Waals surface area contributed by atoms with Crippen molar-refractivity contribution in [1.82, 2.24) is 10.2 Å². The smallest absolute Gasteiger partial charge is 0.0209 e. The molecule has 0 radical (unpaired) electrons. The van der Waals surface area contributed by atoms with Crippen molar-refractivity contribution in [2.24, 2.45) is 0 Å². The fourth-order valence-corrected chi connectivity index (χ4v) is 2.77. The molecule has 94 valence electrons. The van der Waals surface area contributed by atoms with Crippen molar-refractivity contribution in [3.05, 3.63) is 33.8 Å². The molecule has 1 aliphatic rings. The van der Waals surface area contributed by atoms with Gasteiger partial charge >= 0.3 is 0 Å². The van der Waals surface area contributed by atoms with Gasteiger partial charge in [-0.25, -0.2) is 0 Å². The van der Waals surface area contributed by atoms with Crippen molar-refractivity contribution in [3.63, 3.8) is 0 Å². The van der Waals surface area contributed by atoms with Crippen molar-refractivity contribution in [2.45, 2.75) is 32.4 Å². The number of piperidine rings is 1. The van der Waals surface area contributed by atoms with Crippen molar-refractivity contribution < 1.29 is 0 Å². The first kappa shape index (κ1) is 13.1. The average Bonchev–Trinajstić information content (AvgIpc) is 2.31. The van der Waals surface area contributed by atoms with Crippen LogP contribution in [0.15, 0.2) is 22.7 Å². The minimum Gasteiger partial charge on any atom is -0.309 e. The second kappa shape index (κ2) is 5.98. The molecule has 2 rings (SSSR count). The molecule has 3 heteroatoms. The van der Waals surface area contributed by atoms with E-state index < -0.39 is 0 Å². The van der Waals surface area contributed by atoms with Crippen LogP contribution in [0.2, 0.25) is 0 Å². The molecule has 1 aromatic carbocycles. The maximum Gasteiger partial charge on any atom is 0.0209 e. The molecule has 1 aromatic rings. The lowest BCUT2D eigenvalue weighted by Gasteiger charge is -2.30. The number of hydrogen-bond donors (Lipinski definition) is 1. The topological polar surface area (TPSA) is 15.3 Å². The highest BCUT2D eigenvalue weighted by Gasteiger charge is 2.16. The van der Waals surface area contributed by atoms with Gasteiger partial charge in [0.25, 0.3) is 0 Å². The summed E-state index contributed by atoms with van der Waals surface area (Å²) in [6.45, 7) is 5.51. The Morgan fingerprint density at radius 3 is 3.00 bits per heavy atom. The second-order valence-electron chi connectivity index (χ2n) is 5.07. The van der Waals surface area contributed by atoms with Crippen LogP contribution >= 0.6 is 15.9 Å². The van der Waals surface area contributed by atoms with Gasteiger partial charge in [0.1, 0.15) is 0 Å². The molecule has 1 unspecified atom stereocenters. The summed E-state index contributed by atoms with van der Waals surface area (Å²) in [5.41, 5.74) is 2.65. The third kappa shape index (κ3) is 3.80. The van der Waals surface area contributed by atoms with Gasteiger partial charge in [0.2, 0.25) is 0 Å². The molecule has 0 saturated carbocycles. The van der Waals surface area contributed by atoms with E-state index in [1.807, 2.05) is 0 Å². The first-order chi connectivity index (χ1) is 8.15. The lowest BCUT2D eigenvalue weighted by molar-refractivity contribution is 0.226. The van der Waals surface area contributed by atoms with E-state index in [4.69, 9.17) is 0 Å². The number of likely N-dealkylation sites (tertiary alicyclic amines) is 1. The molecular formula is C14H21BrN2. The molecule has 0 spiro atoms. The van der Waals surface area contributed by atoms with Crippen LogP contribution in [-0.2, 0) is 6.54 Å². The Balaban J connectivity index is 1.86. The van der Waals surface area contributed by atoms with Crippen LogP contribution in [0.3, 0.4) is 0 Å². The number of nitrogens with zero attached hydrogens (tertiary/aromatic N) is 1. The fraction of sp³-hybridized carbons (Fsp3) is 0.571. The minimum absolute atomic E-state index is 0.647. The van der Waals surface area contributed by atoms with Crippen LogP contribution in [0.1, 0.15) is 24.0 Å². The maximum atomic E-state index is 3.65. The third-order valence-electron chi connectivity index (χ3n) is 3.46. The summed E-state index contributed by atoms with van der Waals surface area (Å²) in [6, 6.07) is 7.25. The lowest BCUT2D eigenvalue weighted by Crippen LogP contribution is -2.43. The summed E-state index contributed by atoms with van der Waals surface area (Å²) in [5, 5.41) is 3.65. The van der Waals surface area contributed by atoms with E-state index in [0.29, 0.717) is 6.04 Å². The van der Waals surface area contributed by atoms with Gasteiger partial charge in [-0.05, 0) is 50.6 Å². The molecule has 1 saturated heterocycles. The average molecular weight is 297 g/mol. The minimum atomic E-state index is 0.647. The summed E-state index contributed by atoms with van der Waals surface area (Å²) >= 11 is 3.59. The second-order valence-corrected chi connectivity index (χ2v) is 5.92. The van der Waals surface area contributed by atoms with Crippen molar-refractivity contribution in [3.8, 4) is 0 Å². The Bertz CT molecular complexity index is 378. The van der Waals surface area contributed by atoms with E-state index in [1.165, 1.54) is 41.5 Å². The first-order valence-corrected chi connectivity index (χ1v) is 7.11. The number of nitrogens with one attached hydrogen (secondary N) is 1. The summed E-state index contributed by atoms with van der Waals surface area (Å²) in [6.07, 6.45) is 2.61. The Morgan fingerprint density at radius 2 is 2.29 bits per heavy atom. The van der Waals surface area contributed by atoms with E-state index in [1.54, 1.807) is 0 Å². The zero-order valence-electron chi connectivity index (χ0n) is 10.7. The van der Waals surface area contributed by atoms with Crippen molar-refractivity contribution in [2.75, 3.05) is 20.1 Å². The summed E-state index contributed by atoms with van der Waals surface area (Å²) in [4.78, 5) is 2.41. The predicted molar refractivity (Wildman–Crippen MR) is 76.2 cm³/mol. The molecule has 0 aromatic heterocycles. The van der Waals surface area contributed by atoms with Crippen molar-refractivity contribution >= 4 is 15.9 Å². The third-order valence-corrected chi connectivity index (χ3v) is 4.31. The van der Waals surface area contributed by atoms with Crippen LogP contribution in [0.5, 0.6) is 0 Å². The van der Waals surface area contributed by atoms with Crippen LogP contribution in [0.25, 0.3) is 0 Å². The largest absolute Gasteiger partial charge is 0.309 e. The quantitative estimate of drug-likeness (QED) is 0.923. The Hall–Kier alpha value is -0.380. The predicted octanol–water partition coefficient (Wildman–Crippen LogP) is 2.94. The van der Waals surface area contributed by atoms with E-state index in [-0.39, 0.29) is 0 Å². The molecule has 17 heavy (non-hydrogen) atoms. The molecule has 1 N–H and O–H groups in total. The van der Waals surface area contributed by atoms with Crippen LogP contribution < -0.4 is 5.32 Å². The molecule has 2 nitrogen and oxygen atoms in total. The zero-order chi connectivity index (χ0) is 12.3. The highest BCUT2D eigenvalue weighted by molar-refractivity contribution is 9.10. The number of aryl methyl sites for hydroxylation is 1. The highest BCUT2D eigenvalue weighted by Crippen LogP contribution is 2.17. The Labute approximate surface area is 113 Å². The normalized spacial score (nSPS) is 21.7. The Kier molecular flexibility index (Phi) is 4.60. The first-order valence-electron chi connectivity index (χ1n) is 6.32. The van der Waals surface area contributed by atoms with E-state index in [0.717, 1.165) is 6.54 Å². The van der Waals surface area contributed by atoms with Gasteiger partial charge in [-0.2, -0.15) is 0 Å². The van der Waals surface area contributed by atoms with E-state index in [9.17, 15) is 0 Å². The van der Waals surface area contributed by atoms with Crippen molar-refractivity contribution in [1.29, 1.82) is 0 Å². The number of rotatable bonds is 3. The lowest BCUT2D eigenvalue weighted by atomic mass is 10.1. The van der Waals surface area contributed by atoms with Gasteiger partial charge in [-0.15, -0.1) is 0 Å². The van der Waals surface area contributed by atoms with Gasteiger partial charge in [0.05, 0.1) is 0 Å². The summed E-state index contributed by atoms with van der Waals surface area (Å²) in [7, 11) is 2.20. The standard InChI is InChI=1S/C14H21BrN2/c1-11-5-6-12(8-14(11)15)9-16-13-4-3-7-17(2)10-13/h5-6,8,13,16H,3-4,7,9-10H2,1-2H3. The van der Waals surface area contributed by atoms with Gasteiger partial charge in [-0.3, -0.25) is 0 Å². The molecule has 1 fully saturated rings. The monoisotopic (exact) mass is 296 g/mol. The number of hydrogen-bond acceptors (Lipinski definition) is 2. The van der Waals surface area contributed by atoms with Crippen LogP contribution in [0.4, 0.5) is 0 Å². The molecule has 1 aliphatic heterocycles. The molecule has 0 amide bonds. The number of likely N-dealkylation sites (N-methyl/N-ethyl adjacent to an activating group) is 1. The number of halogens is 1. The summed E-state index contributed by atoms with van der Waals surface area (Å²) in [5.74, 6) is 0. The Morgan fingerprint density at radius 1 is 1.47 bits per heavy atom. The van der Waals surface area contributed by atoms with Crippen LogP contribution in [0, 0.1) is 6.92 Å². The zero-order valence-corrected chi connectivity index (χ0v) is 12.3. The molecule has 0 aliphatic carbocycles. The van der Waals surface area contributed by atoms with Gasteiger partial charge in [0, 0.05) is 23.6 Å². The molecule has 0 bridgehead atoms. The van der Waals surface area contributed by atoms with Gasteiger partial charge in [0.15, 0.2) is 0 Å². The molecule has 1 heterocycles. The van der Waals surface area contributed by atoms with Crippen LogP contribution in [-0.4, -0.2) is 31.1 Å². The van der Waals surface area contributed by atoms with E-state index in [2.05, 4.69) is 58.3 Å². The number of benzene rings is 1. The van der Waals surface area contributed by atoms with E-state index >= 15 is 0 Å². The SMILES string of the molecule is Cc1ccc(CNC2CCCN(C)C2)cc1Br. The fourth-order valence-electron chi connectivity index (χ4n) is 2.34. The molecular weight excluding hydrogens is 276 g/mol. The molecule has 1 atom stereocenters. The summed E-state index contributed by atoms with van der Waals surface area (Å²) < 4.78 is 1.21. The highest BCUT2D eigenvalue weighted by atomic mass is 79.9. The maximum absolute atomic E-state index is 3.65.